The van der Waals surface area contributed by atoms with Gasteiger partial charge in [0.2, 0.25) is 0 Å². The number of nitrogens with one attached hydrogen (secondary N) is 1. The molecule has 1 atom stereocenters. The number of Topliss-reactive ketones (excluding diaryl/α,β-unsaturated/α-hetero) is 1. The van der Waals surface area contributed by atoms with Crippen LogP contribution in [0.1, 0.15) is 39.0 Å². The first-order valence-electron chi connectivity index (χ1n) is 5.85. The molecular weight excluding hydrogens is 205 g/mol. The molecule has 0 aromatic carbocycles. The Hall–Kier alpha value is -0.700. The molecule has 2 nitrogen and oxygen atoms in total. The highest BCUT2D eigenvalue weighted by Gasteiger charge is 2.41. The molecule has 2 rings (SSSR count). The van der Waals surface area contributed by atoms with Crippen LogP contribution in [0.15, 0.2) is 13.2 Å². The maximum atomic E-state index is 11.1. The largest absolute Gasteiger partial charge is 0.310 e. The number of hydrogen-bond donors (Lipinski definition) is 1. The standard InChI is InChI=1S/C10H17NO.C2H4.CH3F/c1-8(12)9-6-10(11-7-9)4-2-3-5-10;2*1-2/h9,11H,2-7H2,1H3;1-2H2;1H3. The number of rotatable bonds is 1. The fraction of sp³-hybridized carbons (Fsp3) is 0.769. The Morgan fingerprint density at radius 2 is 1.81 bits per heavy atom. The first-order valence-corrected chi connectivity index (χ1v) is 5.85. The molecule has 1 N–H and O–H groups in total. The normalized spacial score (nSPS) is 25.3. The van der Waals surface area contributed by atoms with Crippen molar-refractivity contribution in [3.05, 3.63) is 13.2 Å². The van der Waals surface area contributed by atoms with E-state index in [2.05, 4.69) is 18.5 Å². The number of hydrogen-bond acceptors (Lipinski definition) is 2. The molecule has 1 aliphatic heterocycles. The average Bonchev–Trinajstić information content (AvgIpc) is 2.96. The third kappa shape index (κ3) is 3.71. The highest BCUT2D eigenvalue weighted by Crippen LogP contribution is 2.38. The smallest absolute Gasteiger partial charge is 0.134 e. The van der Waals surface area contributed by atoms with E-state index in [1.807, 2.05) is 0 Å². The Balaban J connectivity index is 0.000000509. The van der Waals surface area contributed by atoms with Gasteiger partial charge in [-0.05, 0) is 26.2 Å². The molecule has 0 bridgehead atoms. The summed E-state index contributed by atoms with van der Waals surface area (Å²) in [6.07, 6.45) is 6.37. The van der Waals surface area contributed by atoms with Crippen LogP contribution in [0.4, 0.5) is 4.39 Å². The van der Waals surface area contributed by atoms with Crippen molar-refractivity contribution >= 4 is 5.78 Å². The van der Waals surface area contributed by atoms with E-state index in [0.717, 1.165) is 13.0 Å². The van der Waals surface area contributed by atoms with Crippen LogP contribution in [0.3, 0.4) is 0 Å². The van der Waals surface area contributed by atoms with Gasteiger partial charge in [-0.3, -0.25) is 9.18 Å². The molecule has 1 spiro atoms. The molecule has 0 aromatic heterocycles. The Kier molecular flexibility index (Phi) is 7.22. The quantitative estimate of drug-likeness (QED) is 0.700. The summed E-state index contributed by atoms with van der Waals surface area (Å²) < 4.78 is 9.50. The van der Waals surface area contributed by atoms with Gasteiger partial charge >= 0.3 is 0 Å². The van der Waals surface area contributed by atoms with Crippen molar-refractivity contribution in [1.29, 1.82) is 0 Å². The molecule has 3 heteroatoms. The number of carbonyl (C=O) groups excluding carboxylic acids is 1. The lowest BCUT2D eigenvalue weighted by Gasteiger charge is -2.22. The summed E-state index contributed by atoms with van der Waals surface area (Å²) in [6, 6.07) is 0. The molecule has 1 saturated carbocycles. The SMILES string of the molecule is C=C.CC(=O)C1CNC2(CCCC2)C1.CF. The van der Waals surface area contributed by atoms with Crippen LogP contribution in [0, 0.1) is 5.92 Å². The highest BCUT2D eigenvalue weighted by molar-refractivity contribution is 5.79. The minimum absolute atomic E-state index is 0.308. The molecule has 1 saturated heterocycles. The lowest BCUT2D eigenvalue weighted by molar-refractivity contribution is -0.120. The van der Waals surface area contributed by atoms with E-state index < -0.39 is 0 Å². The number of halogens is 1. The molecule has 1 unspecified atom stereocenters. The van der Waals surface area contributed by atoms with Crippen LogP contribution in [-0.4, -0.2) is 25.0 Å². The van der Waals surface area contributed by atoms with Crippen molar-refractivity contribution in [2.75, 3.05) is 13.7 Å². The summed E-state index contributed by atoms with van der Waals surface area (Å²) in [7, 11) is 0.500. The summed E-state index contributed by atoms with van der Waals surface area (Å²) in [4.78, 5) is 11.1. The van der Waals surface area contributed by atoms with Gasteiger partial charge in [0.1, 0.15) is 5.78 Å². The maximum Gasteiger partial charge on any atom is 0.134 e. The number of carbonyl (C=O) groups is 1. The fourth-order valence-corrected chi connectivity index (χ4v) is 2.68. The van der Waals surface area contributed by atoms with Crippen molar-refractivity contribution in [3.8, 4) is 0 Å². The second-order valence-electron chi connectivity index (χ2n) is 4.38. The lowest BCUT2D eigenvalue weighted by atomic mass is 9.90. The summed E-state index contributed by atoms with van der Waals surface area (Å²) in [5.74, 6) is 0.675. The van der Waals surface area contributed by atoms with Gasteiger partial charge in [-0.1, -0.05) is 12.8 Å². The lowest BCUT2D eigenvalue weighted by Crippen LogP contribution is -2.35. The molecule has 1 aliphatic carbocycles. The average molecular weight is 229 g/mol. The van der Waals surface area contributed by atoms with Gasteiger partial charge in [-0.2, -0.15) is 0 Å². The minimum atomic E-state index is 0.308. The molecule has 2 fully saturated rings. The first kappa shape index (κ1) is 15.3. The number of ketones is 1. The predicted octanol–water partition coefficient (Wildman–Crippen LogP) is 2.89. The summed E-state index contributed by atoms with van der Waals surface area (Å²) in [5.41, 5.74) is 0.371. The molecule has 16 heavy (non-hydrogen) atoms. The third-order valence-corrected chi connectivity index (χ3v) is 3.50. The van der Waals surface area contributed by atoms with Crippen LogP contribution >= 0.6 is 0 Å². The van der Waals surface area contributed by atoms with Gasteiger partial charge in [0.05, 0.1) is 7.18 Å². The molecule has 0 amide bonds. The minimum Gasteiger partial charge on any atom is -0.310 e. The van der Waals surface area contributed by atoms with Crippen LogP contribution in [-0.2, 0) is 4.79 Å². The number of alkyl halides is 1. The molecule has 0 radical (unpaired) electrons. The topological polar surface area (TPSA) is 29.1 Å². The zero-order chi connectivity index (χ0) is 12.6. The zero-order valence-electron chi connectivity index (χ0n) is 10.5. The van der Waals surface area contributed by atoms with E-state index in [9.17, 15) is 9.18 Å². The second-order valence-corrected chi connectivity index (χ2v) is 4.38. The van der Waals surface area contributed by atoms with Crippen molar-refractivity contribution in [2.45, 2.75) is 44.6 Å². The Morgan fingerprint density at radius 1 is 1.31 bits per heavy atom. The Labute approximate surface area is 98.3 Å². The third-order valence-electron chi connectivity index (χ3n) is 3.50. The van der Waals surface area contributed by atoms with E-state index in [0.29, 0.717) is 24.4 Å². The van der Waals surface area contributed by atoms with Gasteiger partial charge < -0.3 is 5.32 Å². The summed E-state index contributed by atoms with van der Waals surface area (Å²) >= 11 is 0. The van der Waals surface area contributed by atoms with Gasteiger partial charge in [0.15, 0.2) is 0 Å². The highest BCUT2D eigenvalue weighted by atomic mass is 19.1. The van der Waals surface area contributed by atoms with Crippen LogP contribution in [0.5, 0.6) is 0 Å². The predicted molar refractivity (Wildman–Crippen MR) is 66.3 cm³/mol. The summed E-state index contributed by atoms with van der Waals surface area (Å²) in [6.45, 7) is 8.65. The van der Waals surface area contributed by atoms with Gasteiger partial charge in [0.25, 0.3) is 0 Å². The fourth-order valence-electron chi connectivity index (χ4n) is 2.68. The summed E-state index contributed by atoms with van der Waals surface area (Å²) in [5, 5.41) is 3.54. The Bertz CT molecular complexity index is 212. The molecule has 94 valence electrons. The van der Waals surface area contributed by atoms with Crippen molar-refractivity contribution < 1.29 is 9.18 Å². The Morgan fingerprint density at radius 3 is 2.19 bits per heavy atom. The monoisotopic (exact) mass is 229 g/mol. The van der Waals surface area contributed by atoms with Crippen LogP contribution in [0.2, 0.25) is 0 Å². The van der Waals surface area contributed by atoms with E-state index in [1.165, 1.54) is 25.7 Å². The van der Waals surface area contributed by atoms with Crippen molar-refractivity contribution in [1.82, 2.24) is 5.32 Å². The van der Waals surface area contributed by atoms with E-state index in [4.69, 9.17) is 0 Å². The van der Waals surface area contributed by atoms with Crippen LogP contribution in [0.25, 0.3) is 0 Å². The first-order chi connectivity index (χ1) is 7.72. The van der Waals surface area contributed by atoms with E-state index >= 15 is 0 Å². The maximum absolute atomic E-state index is 11.1. The van der Waals surface area contributed by atoms with E-state index in [-0.39, 0.29) is 0 Å². The van der Waals surface area contributed by atoms with Gasteiger partial charge in [-0.15, -0.1) is 13.2 Å². The van der Waals surface area contributed by atoms with Crippen molar-refractivity contribution in [3.63, 3.8) is 0 Å². The van der Waals surface area contributed by atoms with E-state index in [1.54, 1.807) is 6.92 Å². The van der Waals surface area contributed by atoms with Crippen LogP contribution < -0.4 is 5.32 Å². The second kappa shape index (κ2) is 7.55. The molecular formula is C13H24FNO. The molecule has 1 heterocycles. The zero-order valence-corrected chi connectivity index (χ0v) is 10.5. The van der Waals surface area contributed by atoms with Gasteiger partial charge in [0, 0.05) is 18.0 Å². The molecule has 2 aliphatic rings. The van der Waals surface area contributed by atoms with Crippen molar-refractivity contribution in [2.24, 2.45) is 5.92 Å². The molecule has 0 aromatic rings. The van der Waals surface area contributed by atoms with Gasteiger partial charge in [-0.25, -0.2) is 0 Å².